The van der Waals surface area contributed by atoms with E-state index in [4.69, 9.17) is 9.47 Å². The van der Waals surface area contributed by atoms with E-state index in [1.807, 2.05) is 18.2 Å². The van der Waals surface area contributed by atoms with E-state index >= 15 is 0 Å². The SMILES string of the molecule is CCNC(Cc1ccccc1Br)C(OC)OC. The van der Waals surface area contributed by atoms with Crippen molar-refractivity contribution >= 4 is 15.9 Å². The van der Waals surface area contributed by atoms with Gasteiger partial charge in [0.1, 0.15) is 0 Å². The molecule has 4 heteroatoms. The molecule has 0 aliphatic rings. The third kappa shape index (κ3) is 4.39. The molecule has 0 aliphatic heterocycles. The van der Waals surface area contributed by atoms with Crippen LogP contribution in [0.5, 0.6) is 0 Å². The molecule has 1 rings (SSSR count). The molecule has 1 N–H and O–H groups in total. The Kier molecular flexibility index (Phi) is 6.73. The molecule has 96 valence electrons. The largest absolute Gasteiger partial charge is 0.354 e. The Labute approximate surface area is 112 Å². The topological polar surface area (TPSA) is 30.5 Å². The highest BCUT2D eigenvalue weighted by Gasteiger charge is 2.20. The highest BCUT2D eigenvalue weighted by atomic mass is 79.9. The van der Waals surface area contributed by atoms with Crippen molar-refractivity contribution < 1.29 is 9.47 Å². The predicted molar refractivity (Wildman–Crippen MR) is 73.1 cm³/mol. The molecule has 0 aliphatic carbocycles. The summed E-state index contributed by atoms with van der Waals surface area (Å²) in [5.41, 5.74) is 1.25. The molecular weight excluding hydrogens is 282 g/mol. The van der Waals surface area contributed by atoms with Crippen LogP contribution in [0.15, 0.2) is 28.7 Å². The molecule has 0 spiro atoms. The molecule has 3 nitrogen and oxygen atoms in total. The van der Waals surface area contributed by atoms with Crippen molar-refractivity contribution in [2.75, 3.05) is 20.8 Å². The fraction of sp³-hybridized carbons (Fsp3) is 0.538. The van der Waals surface area contributed by atoms with Crippen LogP contribution in [-0.4, -0.2) is 33.1 Å². The first-order chi connectivity index (χ1) is 8.22. The van der Waals surface area contributed by atoms with E-state index in [1.165, 1.54) is 5.56 Å². The van der Waals surface area contributed by atoms with Crippen molar-refractivity contribution in [1.29, 1.82) is 0 Å². The zero-order valence-electron chi connectivity index (χ0n) is 10.6. The Bertz CT molecular complexity index is 329. The van der Waals surface area contributed by atoms with Crippen LogP contribution in [0, 0.1) is 0 Å². The summed E-state index contributed by atoms with van der Waals surface area (Å²) in [4.78, 5) is 0. The fourth-order valence-corrected chi connectivity index (χ4v) is 2.30. The lowest BCUT2D eigenvalue weighted by molar-refractivity contribution is -0.122. The molecule has 0 fully saturated rings. The summed E-state index contributed by atoms with van der Waals surface area (Å²) < 4.78 is 11.8. The van der Waals surface area contributed by atoms with E-state index < -0.39 is 0 Å². The Morgan fingerprint density at radius 2 is 1.88 bits per heavy atom. The van der Waals surface area contributed by atoms with Gasteiger partial charge in [0.05, 0.1) is 6.04 Å². The zero-order valence-corrected chi connectivity index (χ0v) is 12.2. The van der Waals surface area contributed by atoms with E-state index in [2.05, 4.69) is 34.2 Å². The van der Waals surface area contributed by atoms with E-state index in [0.717, 1.165) is 17.4 Å². The maximum Gasteiger partial charge on any atom is 0.172 e. The van der Waals surface area contributed by atoms with Gasteiger partial charge in [-0.15, -0.1) is 0 Å². The van der Waals surface area contributed by atoms with Gasteiger partial charge in [-0.25, -0.2) is 0 Å². The monoisotopic (exact) mass is 301 g/mol. The average Bonchev–Trinajstić information content (AvgIpc) is 2.34. The molecule has 1 aromatic rings. The first-order valence-corrected chi connectivity index (χ1v) is 6.54. The molecule has 1 atom stereocenters. The quantitative estimate of drug-likeness (QED) is 0.785. The minimum atomic E-state index is -0.234. The molecule has 0 bridgehead atoms. The summed E-state index contributed by atoms with van der Waals surface area (Å²) in [5.74, 6) is 0. The van der Waals surface area contributed by atoms with Gasteiger partial charge in [-0.2, -0.15) is 0 Å². The summed E-state index contributed by atoms with van der Waals surface area (Å²) >= 11 is 3.56. The standard InChI is InChI=1S/C13H20BrNO2/c1-4-15-12(13(16-2)17-3)9-10-7-5-6-8-11(10)14/h5-8,12-13,15H,4,9H2,1-3H3. The van der Waals surface area contributed by atoms with Gasteiger partial charge in [-0.1, -0.05) is 41.1 Å². The van der Waals surface area contributed by atoms with Crippen molar-refractivity contribution in [3.63, 3.8) is 0 Å². The molecule has 0 aromatic heterocycles. The Morgan fingerprint density at radius 1 is 1.24 bits per heavy atom. The van der Waals surface area contributed by atoms with Crippen molar-refractivity contribution in [2.24, 2.45) is 0 Å². The van der Waals surface area contributed by atoms with Crippen LogP contribution in [0.25, 0.3) is 0 Å². The lowest BCUT2D eigenvalue weighted by Crippen LogP contribution is -2.43. The minimum absolute atomic E-state index is 0.147. The number of likely N-dealkylation sites (N-methyl/N-ethyl adjacent to an activating group) is 1. The van der Waals surface area contributed by atoms with Crippen LogP contribution in [0.4, 0.5) is 0 Å². The van der Waals surface area contributed by atoms with Gasteiger partial charge in [-0.05, 0) is 24.6 Å². The van der Waals surface area contributed by atoms with Gasteiger partial charge in [-0.3, -0.25) is 0 Å². The summed E-state index contributed by atoms with van der Waals surface area (Å²) in [5, 5.41) is 3.39. The van der Waals surface area contributed by atoms with Gasteiger partial charge in [0.25, 0.3) is 0 Å². The third-order valence-corrected chi connectivity index (χ3v) is 3.43. The molecule has 1 aromatic carbocycles. The van der Waals surface area contributed by atoms with Gasteiger partial charge < -0.3 is 14.8 Å². The number of ether oxygens (including phenoxy) is 2. The Morgan fingerprint density at radius 3 is 2.41 bits per heavy atom. The number of benzene rings is 1. The first-order valence-electron chi connectivity index (χ1n) is 5.75. The van der Waals surface area contributed by atoms with Crippen LogP contribution >= 0.6 is 15.9 Å². The first kappa shape index (κ1) is 14.6. The zero-order chi connectivity index (χ0) is 12.7. The second-order valence-corrected chi connectivity index (χ2v) is 4.65. The predicted octanol–water partition coefficient (Wildman–Crippen LogP) is 2.59. The normalized spacial score (nSPS) is 13.0. The Balaban J connectivity index is 2.75. The molecule has 0 heterocycles. The number of nitrogens with one attached hydrogen (secondary N) is 1. The summed E-state index contributed by atoms with van der Waals surface area (Å²) in [6.45, 7) is 2.97. The maximum absolute atomic E-state index is 5.33. The van der Waals surface area contributed by atoms with E-state index in [0.29, 0.717) is 0 Å². The molecular formula is C13H20BrNO2. The fourth-order valence-electron chi connectivity index (χ4n) is 1.85. The number of methoxy groups -OCH3 is 2. The molecule has 1 unspecified atom stereocenters. The molecule has 0 radical (unpaired) electrons. The number of halogens is 1. The minimum Gasteiger partial charge on any atom is -0.354 e. The van der Waals surface area contributed by atoms with Gasteiger partial charge >= 0.3 is 0 Å². The van der Waals surface area contributed by atoms with Crippen molar-refractivity contribution in [1.82, 2.24) is 5.32 Å². The van der Waals surface area contributed by atoms with Crippen molar-refractivity contribution in [3.8, 4) is 0 Å². The Hall–Kier alpha value is -0.420. The van der Waals surface area contributed by atoms with Crippen molar-refractivity contribution in [2.45, 2.75) is 25.7 Å². The second kappa shape index (κ2) is 7.82. The number of hydrogen-bond acceptors (Lipinski definition) is 3. The summed E-state index contributed by atoms with van der Waals surface area (Å²) in [6.07, 6.45) is 0.629. The van der Waals surface area contributed by atoms with Crippen LogP contribution in [0.1, 0.15) is 12.5 Å². The third-order valence-electron chi connectivity index (χ3n) is 2.66. The van der Waals surface area contributed by atoms with Gasteiger partial charge in [0.2, 0.25) is 0 Å². The molecule has 0 amide bonds. The molecule has 0 saturated heterocycles. The number of hydrogen-bond donors (Lipinski definition) is 1. The van der Waals surface area contributed by atoms with Crippen LogP contribution in [0.2, 0.25) is 0 Å². The lowest BCUT2D eigenvalue weighted by atomic mass is 10.1. The van der Waals surface area contributed by atoms with Gasteiger partial charge in [0, 0.05) is 18.7 Å². The van der Waals surface area contributed by atoms with Crippen LogP contribution in [0.3, 0.4) is 0 Å². The van der Waals surface area contributed by atoms with E-state index in [9.17, 15) is 0 Å². The van der Waals surface area contributed by atoms with Crippen molar-refractivity contribution in [3.05, 3.63) is 34.3 Å². The number of rotatable bonds is 7. The molecule has 17 heavy (non-hydrogen) atoms. The van der Waals surface area contributed by atoms with Crippen LogP contribution < -0.4 is 5.32 Å². The summed E-state index contributed by atoms with van der Waals surface area (Å²) in [7, 11) is 3.33. The molecule has 0 saturated carbocycles. The smallest absolute Gasteiger partial charge is 0.172 e. The lowest BCUT2D eigenvalue weighted by Gasteiger charge is -2.25. The van der Waals surface area contributed by atoms with E-state index in [-0.39, 0.29) is 12.3 Å². The van der Waals surface area contributed by atoms with Gasteiger partial charge in [0.15, 0.2) is 6.29 Å². The highest BCUT2D eigenvalue weighted by molar-refractivity contribution is 9.10. The second-order valence-electron chi connectivity index (χ2n) is 3.80. The average molecular weight is 302 g/mol. The van der Waals surface area contributed by atoms with Crippen LogP contribution in [-0.2, 0) is 15.9 Å². The maximum atomic E-state index is 5.33. The van der Waals surface area contributed by atoms with E-state index in [1.54, 1.807) is 14.2 Å². The summed E-state index contributed by atoms with van der Waals surface area (Å²) in [6, 6.07) is 8.36. The highest BCUT2D eigenvalue weighted by Crippen LogP contribution is 2.19.